The second-order valence-electron chi connectivity index (χ2n) is 8.25. The molecule has 1 amide bonds. The number of anilines is 2. The molecule has 1 aliphatic heterocycles. The van der Waals surface area contributed by atoms with Gasteiger partial charge in [0.1, 0.15) is 17.4 Å². The van der Waals surface area contributed by atoms with Crippen molar-refractivity contribution < 1.29 is 9.18 Å². The maximum atomic E-state index is 14.9. The van der Waals surface area contributed by atoms with Crippen LogP contribution in [0.4, 0.5) is 15.8 Å². The van der Waals surface area contributed by atoms with Crippen LogP contribution >= 0.6 is 23.8 Å². The molecule has 0 unspecified atom stereocenters. The van der Waals surface area contributed by atoms with Crippen LogP contribution in [-0.4, -0.2) is 26.5 Å². The summed E-state index contributed by atoms with van der Waals surface area (Å²) in [5, 5.41) is 8.90. The van der Waals surface area contributed by atoms with Crippen LogP contribution in [0, 0.1) is 17.1 Å². The van der Waals surface area contributed by atoms with Gasteiger partial charge in [-0.1, -0.05) is 23.7 Å². The van der Waals surface area contributed by atoms with Crippen LogP contribution in [0.2, 0.25) is 5.02 Å². The van der Waals surface area contributed by atoms with Crippen LogP contribution in [0.25, 0.3) is 0 Å². The number of amides is 1. The van der Waals surface area contributed by atoms with Gasteiger partial charge in [-0.3, -0.25) is 9.69 Å². The lowest BCUT2D eigenvalue weighted by Crippen LogP contribution is -2.44. The van der Waals surface area contributed by atoms with Crippen molar-refractivity contribution in [2.75, 3.05) is 9.80 Å². The average molecular weight is 482 g/mol. The average Bonchev–Trinajstić information content (AvgIpc) is 3.36. The van der Waals surface area contributed by atoms with Gasteiger partial charge >= 0.3 is 0 Å². The monoisotopic (exact) mass is 481 g/mol. The number of aryl methyl sites for hydroxylation is 2. The first-order valence-corrected chi connectivity index (χ1v) is 11.2. The molecule has 0 aliphatic carbocycles. The molecule has 3 aromatic rings. The third-order valence-electron chi connectivity index (χ3n) is 5.72. The molecule has 1 aromatic heterocycles. The van der Waals surface area contributed by atoms with Gasteiger partial charge in [-0.15, -0.1) is 0 Å². The second kappa shape index (κ2) is 8.93. The summed E-state index contributed by atoms with van der Waals surface area (Å²) in [6, 6.07) is 12.4. The fourth-order valence-electron chi connectivity index (χ4n) is 3.95. The van der Waals surface area contributed by atoms with Crippen molar-refractivity contribution in [1.82, 2.24) is 9.97 Å². The molecule has 168 valence electrons. The largest absolute Gasteiger partial charge is 0.349 e. The molecule has 1 aliphatic rings. The number of halogens is 2. The maximum Gasteiger partial charge on any atom is 0.259 e. The molecule has 0 saturated carbocycles. The van der Waals surface area contributed by atoms with Crippen molar-refractivity contribution in [2.45, 2.75) is 38.6 Å². The first-order chi connectivity index (χ1) is 15.8. The number of carbonyl (C=O) groups is 1. The summed E-state index contributed by atoms with van der Waals surface area (Å²) in [6.07, 6.45) is 6.25. The molecule has 6 nitrogen and oxygen atoms in total. The third kappa shape index (κ3) is 4.10. The van der Waals surface area contributed by atoms with E-state index in [0.29, 0.717) is 0 Å². The van der Waals surface area contributed by atoms with E-state index in [0.717, 1.165) is 41.2 Å². The molecule has 0 spiro atoms. The predicted molar refractivity (Wildman–Crippen MR) is 130 cm³/mol. The molecule has 2 aromatic carbocycles. The number of nitrogens with zero attached hydrogens (tertiary/aromatic N) is 4. The van der Waals surface area contributed by atoms with Crippen molar-refractivity contribution in [1.29, 1.82) is 5.26 Å². The van der Waals surface area contributed by atoms with Gasteiger partial charge in [0.05, 0.1) is 16.3 Å². The minimum atomic E-state index is -1.04. The number of aromatic nitrogens is 2. The highest BCUT2D eigenvalue weighted by Crippen LogP contribution is 2.39. The molecule has 33 heavy (non-hydrogen) atoms. The summed E-state index contributed by atoms with van der Waals surface area (Å²) in [4.78, 5) is 23.5. The topological polar surface area (TPSA) is 76.0 Å². The lowest BCUT2D eigenvalue weighted by Gasteiger charge is -2.29. The second-order valence-corrected chi connectivity index (χ2v) is 8.99. The summed E-state index contributed by atoms with van der Waals surface area (Å²) in [5.41, 5.74) is 0.774. The highest BCUT2D eigenvalue weighted by molar-refractivity contribution is 7.81. The van der Waals surface area contributed by atoms with Crippen LogP contribution in [0.3, 0.4) is 0 Å². The quantitative estimate of drug-likeness (QED) is 0.492. The highest BCUT2D eigenvalue weighted by Gasteiger charge is 2.51. The van der Waals surface area contributed by atoms with Gasteiger partial charge in [-0.25, -0.2) is 9.37 Å². The minimum Gasteiger partial charge on any atom is -0.349 e. The number of thiocarbonyl (C=S) groups is 1. The van der Waals surface area contributed by atoms with Crippen LogP contribution in [0.15, 0.2) is 48.8 Å². The molecular weight excluding hydrogens is 461 g/mol. The number of rotatable bonds is 6. The summed E-state index contributed by atoms with van der Waals surface area (Å²) >= 11 is 11.6. The Morgan fingerprint density at radius 1 is 1.21 bits per heavy atom. The van der Waals surface area contributed by atoms with Gasteiger partial charge < -0.3 is 9.88 Å². The summed E-state index contributed by atoms with van der Waals surface area (Å²) < 4.78 is 14.9. The Bertz CT molecular complexity index is 1250. The molecule has 4 rings (SSSR count). The Morgan fingerprint density at radius 2 is 1.94 bits per heavy atom. The van der Waals surface area contributed by atoms with Crippen molar-refractivity contribution in [3.05, 3.63) is 76.6 Å². The molecule has 2 heterocycles. The van der Waals surface area contributed by atoms with E-state index >= 15 is 0 Å². The van der Waals surface area contributed by atoms with Gasteiger partial charge in [0.25, 0.3) is 5.91 Å². The molecule has 0 radical (unpaired) electrons. The Balaban J connectivity index is 1.57. The SMILES string of the molecule is CC1(C)C(=O)N(c2ccc(C#N)c(Cl)c2F)C(=S)N1c1ccc(CCCc2ncc[nH]2)cc1. The smallest absolute Gasteiger partial charge is 0.259 e. The van der Waals surface area contributed by atoms with Crippen molar-refractivity contribution in [2.24, 2.45) is 0 Å². The number of nitrogens with one attached hydrogen (secondary N) is 1. The molecule has 0 bridgehead atoms. The lowest BCUT2D eigenvalue weighted by atomic mass is 10.0. The molecule has 1 saturated heterocycles. The van der Waals surface area contributed by atoms with Gasteiger partial charge in [-0.2, -0.15) is 5.26 Å². The number of imidazole rings is 1. The zero-order valence-corrected chi connectivity index (χ0v) is 19.7. The van der Waals surface area contributed by atoms with Gasteiger partial charge in [0, 0.05) is 24.5 Å². The Hall–Kier alpha value is -3.28. The van der Waals surface area contributed by atoms with Crippen LogP contribution in [0.1, 0.15) is 37.2 Å². The third-order valence-corrected chi connectivity index (χ3v) is 6.45. The standard InChI is InChI=1S/C24H21ClFN5OS/c1-24(2)22(32)30(18-11-8-16(14-27)20(25)21(18)26)23(33)31(24)17-9-6-15(7-10-17)4-3-5-19-28-12-13-29-19/h6-13H,3-5H2,1-2H3,(H,28,29). The predicted octanol–water partition coefficient (Wildman–Crippen LogP) is 5.17. The van der Waals surface area contributed by atoms with Crippen LogP contribution in [0.5, 0.6) is 0 Å². The summed E-state index contributed by atoms with van der Waals surface area (Å²) in [7, 11) is 0. The molecule has 0 atom stereocenters. The first-order valence-electron chi connectivity index (χ1n) is 10.4. The van der Waals surface area contributed by atoms with E-state index in [2.05, 4.69) is 9.97 Å². The number of hydrogen-bond acceptors (Lipinski definition) is 4. The van der Waals surface area contributed by atoms with Crippen LogP contribution in [-0.2, 0) is 17.6 Å². The van der Waals surface area contributed by atoms with E-state index < -0.39 is 11.4 Å². The molecular formula is C24H21ClFN5OS. The van der Waals surface area contributed by atoms with Crippen molar-refractivity contribution in [3.63, 3.8) is 0 Å². The number of H-pyrrole nitrogens is 1. The molecule has 1 N–H and O–H groups in total. The van der Waals surface area contributed by atoms with E-state index in [9.17, 15) is 9.18 Å². The number of aromatic amines is 1. The van der Waals surface area contributed by atoms with Crippen molar-refractivity contribution >= 4 is 46.2 Å². The first kappa shape index (κ1) is 22.9. The number of carbonyl (C=O) groups excluding carboxylic acids is 1. The van der Waals surface area contributed by atoms with E-state index in [-0.39, 0.29) is 27.3 Å². The van der Waals surface area contributed by atoms with E-state index in [1.54, 1.807) is 24.9 Å². The van der Waals surface area contributed by atoms with Gasteiger partial charge in [0.2, 0.25) is 0 Å². The zero-order chi connectivity index (χ0) is 23.8. The van der Waals surface area contributed by atoms with E-state index in [4.69, 9.17) is 29.1 Å². The fourth-order valence-corrected chi connectivity index (χ4v) is 4.66. The molecule has 9 heteroatoms. The number of nitriles is 1. The fraction of sp³-hybridized carbons (Fsp3) is 0.250. The van der Waals surface area contributed by atoms with Gasteiger partial charge in [0.15, 0.2) is 10.9 Å². The molecule has 1 fully saturated rings. The lowest BCUT2D eigenvalue weighted by molar-refractivity contribution is -0.120. The highest BCUT2D eigenvalue weighted by atomic mass is 35.5. The Labute approximate surface area is 201 Å². The van der Waals surface area contributed by atoms with Crippen molar-refractivity contribution in [3.8, 4) is 6.07 Å². The number of benzene rings is 2. The zero-order valence-electron chi connectivity index (χ0n) is 18.1. The summed E-state index contributed by atoms with van der Waals surface area (Å²) in [6.45, 7) is 3.48. The normalized spacial score (nSPS) is 15.2. The van der Waals surface area contributed by atoms with Gasteiger partial charge in [-0.05, 0) is 68.7 Å². The van der Waals surface area contributed by atoms with Crippen LogP contribution < -0.4 is 9.80 Å². The van der Waals surface area contributed by atoms with E-state index in [1.807, 2.05) is 36.5 Å². The summed E-state index contributed by atoms with van der Waals surface area (Å²) in [5.74, 6) is -0.268. The minimum absolute atomic E-state index is 0.00534. The Morgan fingerprint density at radius 3 is 2.58 bits per heavy atom. The maximum absolute atomic E-state index is 14.9. The van der Waals surface area contributed by atoms with E-state index in [1.165, 1.54) is 12.1 Å². The Kier molecular flexibility index (Phi) is 6.19. The number of hydrogen-bond donors (Lipinski definition) is 1.